The minimum absolute atomic E-state index is 0.659. The molecule has 0 aliphatic heterocycles. The lowest BCUT2D eigenvalue weighted by atomic mass is 9.92. The Hall–Kier alpha value is -7.82. The van der Waals surface area contributed by atoms with Crippen LogP contribution in [0.4, 0.5) is 0 Å². The Morgan fingerprint density at radius 2 is 0.983 bits per heavy atom. The van der Waals surface area contributed by atoms with Gasteiger partial charge in [0.05, 0.1) is 39.0 Å². The maximum atomic E-state index is 5.43. The minimum atomic E-state index is 0.659. The van der Waals surface area contributed by atoms with Gasteiger partial charge in [-0.05, 0) is 63.7 Å². The molecule has 4 heteroatoms. The summed E-state index contributed by atoms with van der Waals surface area (Å²) in [6.07, 6.45) is 0. The molecule has 58 heavy (non-hydrogen) atoms. The van der Waals surface area contributed by atoms with Crippen molar-refractivity contribution in [2.24, 2.45) is 0 Å². The van der Waals surface area contributed by atoms with Gasteiger partial charge in [0.1, 0.15) is 0 Å². The lowest BCUT2D eigenvalue weighted by molar-refractivity contribution is 1.01. The predicted molar refractivity (Wildman–Crippen MR) is 242 cm³/mol. The van der Waals surface area contributed by atoms with Gasteiger partial charge in [0.15, 0.2) is 0 Å². The van der Waals surface area contributed by atoms with Gasteiger partial charge in [0, 0.05) is 49.0 Å². The Balaban J connectivity index is 1.23. The van der Waals surface area contributed by atoms with Crippen LogP contribution in [0, 0.1) is 0 Å². The van der Waals surface area contributed by atoms with Crippen LogP contribution in [0.3, 0.4) is 0 Å². The van der Waals surface area contributed by atoms with Crippen LogP contribution in [-0.4, -0.2) is 19.1 Å². The summed E-state index contributed by atoms with van der Waals surface area (Å²) in [4.78, 5) is 10.7. The van der Waals surface area contributed by atoms with Crippen LogP contribution in [0.5, 0.6) is 0 Å². The number of nitrogens with zero attached hydrogens (tertiary/aromatic N) is 4. The van der Waals surface area contributed by atoms with Crippen LogP contribution in [0.25, 0.3) is 105 Å². The molecule has 13 rings (SSSR count). The second-order valence-corrected chi connectivity index (χ2v) is 15.3. The highest BCUT2D eigenvalue weighted by Gasteiger charge is 2.30. The van der Waals surface area contributed by atoms with Gasteiger partial charge in [0.25, 0.3) is 0 Å². The number of hydrogen-bond donors (Lipinski definition) is 0. The van der Waals surface area contributed by atoms with Gasteiger partial charge in [-0.2, -0.15) is 0 Å². The normalized spacial score (nSPS) is 12.8. The minimum Gasteiger partial charge on any atom is -0.308 e. The SMILES string of the molecule is c1ccc(C2=C(n3c4ccccc4c4cc5ccccc5cc43)c3cccc4ccc5c(c34)c3c2cccc3n5-c2nc(-c3ccccc3)c3ccccc3n2)cc1. The Bertz CT molecular complexity index is 3720. The van der Waals surface area contributed by atoms with Crippen LogP contribution in [-0.2, 0) is 0 Å². The summed E-state index contributed by atoms with van der Waals surface area (Å²) in [5.74, 6) is 0.659. The second kappa shape index (κ2) is 11.8. The fourth-order valence-electron chi connectivity index (χ4n) is 9.82. The van der Waals surface area contributed by atoms with E-state index >= 15 is 0 Å². The molecule has 0 atom stereocenters. The summed E-state index contributed by atoms with van der Waals surface area (Å²) in [5.41, 5.74) is 13.3. The van der Waals surface area contributed by atoms with E-state index in [4.69, 9.17) is 9.97 Å². The second-order valence-electron chi connectivity index (χ2n) is 15.3. The van der Waals surface area contributed by atoms with Crippen molar-refractivity contribution in [3.8, 4) is 17.2 Å². The average Bonchev–Trinajstić information content (AvgIpc) is 3.75. The van der Waals surface area contributed by atoms with Crippen LogP contribution < -0.4 is 0 Å². The zero-order chi connectivity index (χ0) is 37.9. The third kappa shape index (κ3) is 4.29. The highest BCUT2D eigenvalue weighted by Crippen LogP contribution is 2.50. The smallest absolute Gasteiger partial charge is 0.235 e. The van der Waals surface area contributed by atoms with Crippen molar-refractivity contribution in [2.75, 3.05) is 0 Å². The third-order valence-electron chi connectivity index (χ3n) is 12.2. The summed E-state index contributed by atoms with van der Waals surface area (Å²) < 4.78 is 4.84. The van der Waals surface area contributed by atoms with Gasteiger partial charge in [-0.15, -0.1) is 0 Å². The summed E-state index contributed by atoms with van der Waals surface area (Å²) in [7, 11) is 0. The molecule has 0 spiro atoms. The van der Waals surface area contributed by atoms with Gasteiger partial charge >= 0.3 is 0 Å². The molecule has 4 nitrogen and oxygen atoms in total. The molecule has 12 aromatic rings. The van der Waals surface area contributed by atoms with Crippen LogP contribution >= 0.6 is 0 Å². The standard InChI is InChI=1S/C54H32N4/c1-3-15-33(16-4-1)49-40-24-14-28-45-50(40)51-46(58(45)54-55-43-26-11-9-23-39(43)52(56-54)35-17-5-2-6-18-35)30-29-34-21-13-25-41(48(34)51)53(49)57-44-27-12-10-22-38(44)42-31-36-19-7-8-20-37(36)32-47(42)57/h1-32H. The molecule has 0 radical (unpaired) electrons. The van der Waals surface area contributed by atoms with E-state index in [1.165, 1.54) is 76.5 Å². The summed E-state index contributed by atoms with van der Waals surface area (Å²) >= 11 is 0. The number of hydrogen-bond acceptors (Lipinski definition) is 2. The Morgan fingerprint density at radius 3 is 1.83 bits per heavy atom. The molecule has 0 fully saturated rings. The third-order valence-corrected chi connectivity index (χ3v) is 12.2. The fourth-order valence-corrected chi connectivity index (χ4v) is 9.82. The van der Waals surface area contributed by atoms with E-state index in [-0.39, 0.29) is 0 Å². The zero-order valence-electron chi connectivity index (χ0n) is 31.3. The van der Waals surface area contributed by atoms with E-state index in [0.717, 1.165) is 38.8 Å². The van der Waals surface area contributed by atoms with Crippen molar-refractivity contribution < 1.29 is 0 Å². The van der Waals surface area contributed by atoms with Gasteiger partial charge in [-0.25, -0.2) is 9.97 Å². The largest absolute Gasteiger partial charge is 0.308 e. The number of para-hydroxylation sites is 2. The molecule has 1 aliphatic rings. The molecule has 268 valence electrons. The first kappa shape index (κ1) is 31.4. The van der Waals surface area contributed by atoms with Gasteiger partial charge in [-0.1, -0.05) is 158 Å². The van der Waals surface area contributed by atoms with E-state index in [1.54, 1.807) is 0 Å². The molecule has 0 unspecified atom stereocenters. The van der Waals surface area contributed by atoms with Crippen molar-refractivity contribution >= 4 is 87.3 Å². The van der Waals surface area contributed by atoms with E-state index in [1.807, 2.05) is 0 Å². The Morgan fingerprint density at radius 1 is 0.345 bits per heavy atom. The Kier molecular flexibility index (Phi) is 6.41. The van der Waals surface area contributed by atoms with E-state index in [9.17, 15) is 0 Å². The lowest BCUT2D eigenvalue weighted by Crippen LogP contribution is -2.06. The van der Waals surface area contributed by atoms with Crippen molar-refractivity contribution in [3.05, 3.63) is 211 Å². The molecule has 1 aliphatic carbocycles. The molecular formula is C54H32N4. The quantitative estimate of drug-likeness (QED) is 0.180. The zero-order valence-corrected chi connectivity index (χ0v) is 31.3. The van der Waals surface area contributed by atoms with Crippen LogP contribution in [0.1, 0.15) is 16.7 Å². The number of fused-ring (bicyclic) bond motifs is 5. The first-order chi connectivity index (χ1) is 28.8. The van der Waals surface area contributed by atoms with Crippen molar-refractivity contribution in [1.29, 1.82) is 0 Å². The predicted octanol–water partition coefficient (Wildman–Crippen LogP) is 13.6. The van der Waals surface area contributed by atoms with E-state index < -0.39 is 0 Å². The summed E-state index contributed by atoms with van der Waals surface area (Å²) in [6.45, 7) is 0. The maximum absolute atomic E-state index is 5.43. The van der Waals surface area contributed by atoms with E-state index in [2.05, 4.69) is 203 Å². The van der Waals surface area contributed by atoms with Crippen LogP contribution in [0.15, 0.2) is 194 Å². The number of aromatic nitrogens is 4. The van der Waals surface area contributed by atoms with Gasteiger partial charge < -0.3 is 4.57 Å². The first-order valence-corrected chi connectivity index (χ1v) is 19.8. The molecule has 0 bridgehead atoms. The highest BCUT2D eigenvalue weighted by molar-refractivity contribution is 6.31. The van der Waals surface area contributed by atoms with Crippen molar-refractivity contribution in [3.63, 3.8) is 0 Å². The number of rotatable bonds is 4. The van der Waals surface area contributed by atoms with Crippen LogP contribution in [0.2, 0.25) is 0 Å². The molecule has 0 saturated carbocycles. The molecular weight excluding hydrogens is 705 g/mol. The topological polar surface area (TPSA) is 35.6 Å². The summed E-state index contributed by atoms with van der Waals surface area (Å²) in [5, 5.41) is 10.8. The fraction of sp³-hybridized carbons (Fsp3) is 0. The molecule has 9 aromatic carbocycles. The monoisotopic (exact) mass is 736 g/mol. The lowest BCUT2D eigenvalue weighted by Gasteiger charge is -2.21. The average molecular weight is 737 g/mol. The van der Waals surface area contributed by atoms with E-state index in [0.29, 0.717) is 5.95 Å². The molecule has 0 saturated heterocycles. The molecule has 0 amide bonds. The van der Waals surface area contributed by atoms with Crippen molar-refractivity contribution in [1.82, 2.24) is 19.1 Å². The first-order valence-electron chi connectivity index (χ1n) is 19.8. The molecule has 3 aromatic heterocycles. The van der Waals surface area contributed by atoms with Gasteiger partial charge in [0.2, 0.25) is 5.95 Å². The highest BCUT2D eigenvalue weighted by atomic mass is 15.2. The van der Waals surface area contributed by atoms with Crippen molar-refractivity contribution in [2.45, 2.75) is 0 Å². The summed E-state index contributed by atoms with van der Waals surface area (Å²) in [6, 6.07) is 70.3. The van der Waals surface area contributed by atoms with Gasteiger partial charge in [-0.3, -0.25) is 4.57 Å². The number of benzene rings is 9. The maximum Gasteiger partial charge on any atom is 0.235 e. The Labute approximate surface area is 333 Å². The molecule has 3 heterocycles. The molecule has 0 N–H and O–H groups in total.